The van der Waals surface area contributed by atoms with E-state index >= 15 is 0 Å². The van der Waals surface area contributed by atoms with Crippen molar-refractivity contribution in [3.63, 3.8) is 0 Å². The maximum Gasteiger partial charge on any atom is 0.306 e. The Bertz CT molecular complexity index is 483. The lowest BCUT2D eigenvalue weighted by Crippen LogP contribution is -2.23. The highest BCUT2D eigenvalue weighted by Crippen LogP contribution is 2.28. The molecule has 1 atom stereocenters. The summed E-state index contributed by atoms with van der Waals surface area (Å²) in [6, 6.07) is 0. The Balaban J connectivity index is 2.07. The molecule has 0 fully saturated rings. The van der Waals surface area contributed by atoms with Crippen LogP contribution in [0, 0.1) is 5.92 Å². The van der Waals surface area contributed by atoms with Gasteiger partial charge in [-0.25, -0.2) is 9.97 Å². The van der Waals surface area contributed by atoms with Gasteiger partial charge in [0.1, 0.15) is 5.82 Å². The fourth-order valence-electron chi connectivity index (χ4n) is 2.11. The van der Waals surface area contributed by atoms with Crippen LogP contribution in [0.5, 0.6) is 0 Å². The summed E-state index contributed by atoms with van der Waals surface area (Å²) in [6.07, 6.45) is 3.82. The van der Waals surface area contributed by atoms with Crippen LogP contribution in [0.25, 0.3) is 0 Å². The number of hydrogen-bond donors (Lipinski definition) is 1. The molecule has 1 aliphatic rings. The van der Waals surface area contributed by atoms with E-state index in [4.69, 9.17) is 5.11 Å². The molecule has 0 aromatic carbocycles. The number of rotatable bonds is 3. The standard InChI is InChI=1S/C14H20N2O2S/c1-14(2,3)19-8-12-15-7-10-6-9(13(17)18)4-5-11(10)16-12/h7,9H,4-6,8H2,1-3H3,(H,17,18). The molecular formula is C14H20N2O2S. The summed E-state index contributed by atoms with van der Waals surface area (Å²) < 4.78 is 0.202. The molecule has 1 heterocycles. The Morgan fingerprint density at radius 1 is 1.53 bits per heavy atom. The highest BCUT2D eigenvalue weighted by atomic mass is 32.2. The normalized spacial score (nSPS) is 19.0. The van der Waals surface area contributed by atoms with Gasteiger partial charge in [-0.3, -0.25) is 4.79 Å². The number of carboxylic acid groups (broad SMARTS) is 1. The van der Waals surface area contributed by atoms with Gasteiger partial charge in [-0.1, -0.05) is 20.8 Å². The molecular weight excluding hydrogens is 260 g/mol. The summed E-state index contributed by atoms with van der Waals surface area (Å²) in [5, 5.41) is 9.05. The molecule has 1 unspecified atom stereocenters. The van der Waals surface area contributed by atoms with Gasteiger partial charge in [-0.15, -0.1) is 11.8 Å². The van der Waals surface area contributed by atoms with Crippen LogP contribution in [0.2, 0.25) is 0 Å². The third-order valence-corrected chi connectivity index (χ3v) is 4.45. The predicted molar refractivity (Wildman–Crippen MR) is 76.2 cm³/mol. The van der Waals surface area contributed by atoms with Crippen LogP contribution >= 0.6 is 11.8 Å². The van der Waals surface area contributed by atoms with Crippen molar-refractivity contribution < 1.29 is 9.90 Å². The van der Waals surface area contributed by atoms with Crippen molar-refractivity contribution in [3.8, 4) is 0 Å². The van der Waals surface area contributed by atoms with Crippen LogP contribution in [0.1, 0.15) is 44.3 Å². The van der Waals surface area contributed by atoms with Crippen molar-refractivity contribution >= 4 is 17.7 Å². The van der Waals surface area contributed by atoms with Gasteiger partial charge in [0.05, 0.1) is 11.7 Å². The molecule has 0 amide bonds. The number of fused-ring (bicyclic) bond motifs is 1. The first-order valence-electron chi connectivity index (χ1n) is 6.55. The zero-order valence-electron chi connectivity index (χ0n) is 11.6. The van der Waals surface area contributed by atoms with Crippen molar-refractivity contribution in [1.82, 2.24) is 9.97 Å². The van der Waals surface area contributed by atoms with E-state index in [0.717, 1.165) is 29.3 Å². The molecule has 104 valence electrons. The van der Waals surface area contributed by atoms with E-state index in [9.17, 15) is 4.79 Å². The fourth-order valence-corrected chi connectivity index (χ4v) is 2.81. The SMILES string of the molecule is CC(C)(C)SCc1ncc2c(n1)CCC(C(=O)O)C2. The first-order chi connectivity index (χ1) is 8.85. The molecule has 0 radical (unpaired) electrons. The maximum atomic E-state index is 11.0. The average Bonchev–Trinajstić information content (AvgIpc) is 2.34. The van der Waals surface area contributed by atoms with Crippen LogP contribution in [-0.2, 0) is 23.4 Å². The molecule has 0 saturated heterocycles. The lowest BCUT2D eigenvalue weighted by molar-refractivity contribution is -0.142. The van der Waals surface area contributed by atoms with E-state index in [2.05, 4.69) is 30.7 Å². The Hall–Kier alpha value is -1.10. The lowest BCUT2D eigenvalue weighted by Gasteiger charge is -2.21. The van der Waals surface area contributed by atoms with Gasteiger partial charge >= 0.3 is 5.97 Å². The second-order valence-corrected chi connectivity index (χ2v) is 7.74. The van der Waals surface area contributed by atoms with Gasteiger partial charge in [0.25, 0.3) is 0 Å². The number of carbonyl (C=O) groups is 1. The van der Waals surface area contributed by atoms with E-state index < -0.39 is 5.97 Å². The molecule has 0 spiro atoms. The van der Waals surface area contributed by atoms with Gasteiger partial charge in [0, 0.05) is 16.6 Å². The summed E-state index contributed by atoms with van der Waals surface area (Å²) in [6.45, 7) is 6.52. The van der Waals surface area contributed by atoms with E-state index in [-0.39, 0.29) is 10.7 Å². The van der Waals surface area contributed by atoms with Crippen molar-refractivity contribution in [2.24, 2.45) is 5.92 Å². The van der Waals surface area contributed by atoms with Gasteiger partial charge in [0.15, 0.2) is 0 Å². The van der Waals surface area contributed by atoms with Crippen molar-refractivity contribution in [3.05, 3.63) is 23.3 Å². The number of aliphatic carboxylic acids is 1. The Morgan fingerprint density at radius 2 is 2.26 bits per heavy atom. The molecule has 1 aromatic rings. The van der Waals surface area contributed by atoms with E-state index in [0.29, 0.717) is 12.8 Å². The minimum atomic E-state index is -0.710. The number of aromatic nitrogens is 2. The number of hydrogen-bond acceptors (Lipinski definition) is 4. The molecule has 4 nitrogen and oxygen atoms in total. The largest absolute Gasteiger partial charge is 0.481 e. The summed E-state index contributed by atoms with van der Waals surface area (Å²) in [4.78, 5) is 19.9. The highest BCUT2D eigenvalue weighted by Gasteiger charge is 2.25. The Morgan fingerprint density at radius 3 is 2.89 bits per heavy atom. The van der Waals surface area contributed by atoms with Gasteiger partial charge < -0.3 is 5.11 Å². The second-order valence-electron chi connectivity index (χ2n) is 5.94. The minimum absolute atomic E-state index is 0.202. The van der Waals surface area contributed by atoms with Crippen molar-refractivity contribution in [2.75, 3.05) is 0 Å². The van der Waals surface area contributed by atoms with Crippen molar-refractivity contribution in [1.29, 1.82) is 0 Å². The van der Waals surface area contributed by atoms with Crippen LogP contribution < -0.4 is 0 Å². The molecule has 1 aliphatic carbocycles. The zero-order valence-corrected chi connectivity index (χ0v) is 12.5. The molecule has 0 bridgehead atoms. The topological polar surface area (TPSA) is 63.1 Å². The molecule has 1 N–H and O–H groups in total. The number of thioether (sulfide) groups is 1. The number of nitrogens with zero attached hydrogens (tertiary/aromatic N) is 2. The van der Waals surface area contributed by atoms with E-state index in [1.165, 1.54) is 0 Å². The molecule has 19 heavy (non-hydrogen) atoms. The van der Waals surface area contributed by atoms with E-state index in [1.54, 1.807) is 0 Å². The number of carboxylic acids is 1. The fraction of sp³-hybridized carbons (Fsp3) is 0.643. The first kappa shape index (κ1) is 14.3. The summed E-state index contributed by atoms with van der Waals surface area (Å²) >= 11 is 1.82. The minimum Gasteiger partial charge on any atom is -0.481 e. The molecule has 2 rings (SSSR count). The second kappa shape index (κ2) is 5.49. The third-order valence-electron chi connectivity index (χ3n) is 3.18. The lowest BCUT2D eigenvalue weighted by atomic mass is 9.87. The Labute approximate surface area is 118 Å². The highest BCUT2D eigenvalue weighted by molar-refractivity contribution is 7.99. The van der Waals surface area contributed by atoms with Gasteiger partial charge in [-0.2, -0.15) is 0 Å². The first-order valence-corrected chi connectivity index (χ1v) is 7.54. The predicted octanol–water partition coefficient (Wildman–Crippen LogP) is 2.70. The van der Waals surface area contributed by atoms with Crippen LogP contribution in [0.4, 0.5) is 0 Å². The molecule has 0 saturated carbocycles. The van der Waals surface area contributed by atoms with E-state index in [1.807, 2.05) is 18.0 Å². The van der Waals surface area contributed by atoms with Crippen LogP contribution in [-0.4, -0.2) is 25.8 Å². The van der Waals surface area contributed by atoms with Gasteiger partial charge in [-0.05, 0) is 24.8 Å². The summed E-state index contributed by atoms with van der Waals surface area (Å²) in [7, 11) is 0. The molecule has 5 heteroatoms. The third kappa shape index (κ3) is 3.93. The molecule has 1 aromatic heterocycles. The smallest absolute Gasteiger partial charge is 0.306 e. The van der Waals surface area contributed by atoms with Crippen LogP contribution in [0.15, 0.2) is 6.20 Å². The maximum absolute atomic E-state index is 11.0. The van der Waals surface area contributed by atoms with Gasteiger partial charge in [0.2, 0.25) is 0 Å². The molecule has 0 aliphatic heterocycles. The summed E-state index contributed by atoms with van der Waals surface area (Å²) in [5.41, 5.74) is 2.04. The zero-order chi connectivity index (χ0) is 14.0. The summed E-state index contributed by atoms with van der Waals surface area (Å²) in [5.74, 6) is 0.676. The van der Waals surface area contributed by atoms with Crippen LogP contribution in [0.3, 0.4) is 0 Å². The average molecular weight is 280 g/mol. The quantitative estimate of drug-likeness (QED) is 0.922. The Kier molecular flexibility index (Phi) is 4.13. The monoisotopic (exact) mass is 280 g/mol. The number of aryl methyl sites for hydroxylation is 1. The van der Waals surface area contributed by atoms with Crippen molar-refractivity contribution in [2.45, 2.75) is 50.5 Å².